The predicted molar refractivity (Wildman–Crippen MR) is 89.8 cm³/mol. The van der Waals surface area contributed by atoms with Crippen LogP contribution in [-0.2, 0) is 16.0 Å². The highest BCUT2D eigenvalue weighted by atomic mass is 32.1. The predicted octanol–water partition coefficient (Wildman–Crippen LogP) is 1.91. The van der Waals surface area contributed by atoms with E-state index in [1.807, 2.05) is 13.8 Å². The Kier molecular flexibility index (Phi) is 8.05. The lowest BCUT2D eigenvalue weighted by Gasteiger charge is -2.15. The first-order chi connectivity index (χ1) is 10.5. The third-order valence-corrected chi connectivity index (χ3v) is 4.01. The number of rotatable bonds is 9. The fraction of sp³-hybridized carbons (Fsp3) is 0.667. The number of anilines is 1. The van der Waals surface area contributed by atoms with E-state index in [1.54, 1.807) is 5.38 Å². The molecule has 0 saturated heterocycles. The summed E-state index contributed by atoms with van der Waals surface area (Å²) in [7, 11) is 0. The third-order valence-electron chi connectivity index (χ3n) is 3.20. The Morgan fingerprint density at radius 1 is 1.41 bits per heavy atom. The molecule has 0 bridgehead atoms. The number of thiazole rings is 1. The number of carbonyl (C=O) groups is 2. The van der Waals surface area contributed by atoms with Crippen LogP contribution in [0.1, 0.15) is 45.7 Å². The molecule has 0 fully saturated rings. The molecule has 6 nitrogen and oxygen atoms in total. The standard InChI is InChI=1S/C15H26N4O2S/c1-4-5-6-11(8-16)17-13(20)7-12-9-22-15(18-12)19-14(21)10(2)3/h9-11H,4-8,16H2,1-3H3,(H,17,20)(H,18,19,21). The molecule has 1 heterocycles. The van der Waals surface area contributed by atoms with Crippen LogP contribution in [0.4, 0.5) is 5.13 Å². The van der Waals surface area contributed by atoms with Crippen LogP contribution in [0.2, 0.25) is 0 Å². The summed E-state index contributed by atoms with van der Waals surface area (Å²) in [4.78, 5) is 27.8. The molecule has 22 heavy (non-hydrogen) atoms. The molecule has 0 aliphatic rings. The highest BCUT2D eigenvalue weighted by molar-refractivity contribution is 7.13. The van der Waals surface area contributed by atoms with Crippen molar-refractivity contribution in [2.24, 2.45) is 11.7 Å². The lowest BCUT2D eigenvalue weighted by Crippen LogP contribution is -2.40. The molecular weight excluding hydrogens is 300 g/mol. The Hall–Kier alpha value is -1.47. The van der Waals surface area contributed by atoms with Gasteiger partial charge in [0.25, 0.3) is 0 Å². The number of nitrogens with one attached hydrogen (secondary N) is 2. The normalized spacial score (nSPS) is 12.2. The van der Waals surface area contributed by atoms with Gasteiger partial charge in [-0.2, -0.15) is 0 Å². The van der Waals surface area contributed by atoms with Gasteiger partial charge in [-0.05, 0) is 6.42 Å². The van der Waals surface area contributed by atoms with Crippen LogP contribution in [0.25, 0.3) is 0 Å². The second-order valence-corrected chi connectivity index (χ2v) is 6.47. The number of carbonyl (C=O) groups excluding carboxylic acids is 2. The first kappa shape index (κ1) is 18.6. The van der Waals surface area contributed by atoms with Crippen LogP contribution in [0.15, 0.2) is 5.38 Å². The van der Waals surface area contributed by atoms with Crippen molar-refractivity contribution in [3.05, 3.63) is 11.1 Å². The van der Waals surface area contributed by atoms with Gasteiger partial charge in [0.15, 0.2) is 5.13 Å². The maximum absolute atomic E-state index is 12.0. The van der Waals surface area contributed by atoms with Crippen LogP contribution in [0, 0.1) is 5.92 Å². The van der Waals surface area contributed by atoms with Crippen molar-refractivity contribution in [1.82, 2.24) is 10.3 Å². The smallest absolute Gasteiger partial charge is 0.228 e. The fourth-order valence-electron chi connectivity index (χ4n) is 1.84. The summed E-state index contributed by atoms with van der Waals surface area (Å²) in [5, 5.41) is 7.98. The number of nitrogens with two attached hydrogens (primary N) is 1. The summed E-state index contributed by atoms with van der Waals surface area (Å²) in [6.07, 6.45) is 3.23. The highest BCUT2D eigenvalue weighted by Gasteiger charge is 2.14. The molecule has 1 unspecified atom stereocenters. The van der Waals surface area contributed by atoms with E-state index in [9.17, 15) is 9.59 Å². The van der Waals surface area contributed by atoms with Gasteiger partial charge in [-0.3, -0.25) is 9.59 Å². The van der Waals surface area contributed by atoms with E-state index in [1.165, 1.54) is 11.3 Å². The van der Waals surface area contributed by atoms with Crippen LogP contribution in [-0.4, -0.2) is 29.4 Å². The molecular formula is C15H26N4O2S. The second-order valence-electron chi connectivity index (χ2n) is 5.61. The molecule has 0 aliphatic carbocycles. The van der Waals surface area contributed by atoms with Gasteiger partial charge in [-0.15, -0.1) is 11.3 Å². The minimum atomic E-state index is -0.0977. The monoisotopic (exact) mass is 326 g/mol. The first-order valence-corrected chi connectivity index (χ1v) is 8.58. The minimum absolute atomic E-state index is 0.0196. The quantitative estimate of drug-likeness (QED) is 0.646. The van der Waals surface area contributed by atoms with Gasteiger partial charge in [0.2, 0.25) is 11.8 Å². The summed E-state index contributed by atoms with van der Waals surface area (Å²) >= 11 is 1.33. The zero-order valence-electron chi connectivity index (χ0n) is 13.5. The molecule has 0 saturated carbocycles. The molecule has 0 spiro atoms. The zero-order chi connectivity index (χ0) is 16.5. The van der Waals surface area contributed by atoms with E-state index in [0.29, 0.717) is 17.4 Å². The summed E-state index contributed by atoms with van der Waals surface area (Å²) in [6, 6.07) is 0.0196. The first-order valence-electron chi connectivity index (χ1n) is 7.70. The van der Waals surface area contributed by atoms with Crippen molar-refractivity contribution in [2.45, 2.75) is 52.5 Å². The van der Waals surface area contributed by atoms with Crippen molar-refractivity contribution < 1.29 is 9.59 Å². The fourth-order valence-corrected chi connectivity index (χ4v) is 2.55. The lowest BCUT2D eigenvalue weighted by molar-refractivity contribution is -0.121. The van der Waals surface area contributed by atoms with Gasteiger partial charge in [0.05, 0.1) is 12.1 Å². The molecule has 0 aromatic carbocycles. The summed E-state index contributed by atoms with van der Waals surface area (Å²) in [5.74, 6) is -0.258. The van der Waals surface area contributed by atoms with Gasteiger partial charge < -0.3 is 16.4 Å². The van der Waals surface area contributed by atoms with E-state index < -0.39 is 0 Å². The molecule has 124 valence electrons. The van der Waals surface area contributed by atoms with Gasteiger partial charge in [0.1, 0.15) is 0 Å². The molecule has 1 aromatic rings. The number of amides is 2. The number of aromatic nitrogens is 1. The van der Waals surface area contributed by atoms with Crippen molar-refractivity contribution >= 4 is 28.3 Å². The van der Waals surface area contributed by atoms with Crippen molar-refractivity contribution in [3.63, 3.8) is 0 Å². The SMILES string of the molecule is CCCCC(CN)NC(=O)Cc1csc(NC(=O)C(C)C)n1. The van der Waals surface area contributed by atoms with Crippen molar-refractivity contribution in [2.75, 3.05) is 11.9 Å². The zero-order valence-corrected chi connectivity index (χ0v) is 14.3. The summed E-state index contributed by atoms with van der Waals surface area (Å²) < 4.78 is 0. The van der Waals surface area contributed by atoms with Crippen LogP contribution in [0.3, 0.4) is 0 Å². The Labute approximate surface area is 135 Å². The van der Waals surface area contributed by atoms with E-state index >= 15 is 0 Å². The second kappa shape index (κ2) is 9.53. The molecule has 1 atom stereocenters. The van der Waals surface area contributed by atoms with Crippen LogP contribution >= 0.6 is 11.3 Å². The van der Waals surface area contributed by atoms with Crippen molar-refractivity contribution in [1.29, 1.82) is 0 Å². The third kappa shape index (κ3) is 6.53. The number of hydrogen-bond donors (Lipinski definition) is 3. The lowest BCUT2D eigenvalue weighted by atomic mass is 10.1. The molecule has 1 rings (SSSR count). The highest BCUT2D eigenvalue weighted by Crippen LogP contribution is 2.16. The number of nitrogens with zero attached hydrogens (tertiary/aromatic N) is 1. The number of hydrogen-bond acceptors (Lipinski definition) is 5. The Bertz CT molecular complexity index is 488. The van der Waals surface area contributed by atoms with Gasteiger partial charge in [0, 0.05) is 23.9 Å². The minimum Gasteiger partial charge on any atom is -0.352 e. The van der Waals surface area contributed by atoms with E-state index in [0.717, 1.165) is 19.3 Å². The van der Waals surface area contributed by atoms with Crippen LogP contribution < -0.4 is 16.4 Å². The van der Waals surface area contributed by atoms with E-state index in [4.69, 9.17) is 5.73 Å². The Balaban J connectivity index is 2.47. The largest absolute Gasteiger partial charge is 0.352 e. The van der Waals surface area contributed by atoms with E-state index in [2.05, 4.69) is 22.5 Å². The Morgan fingerprint density at radius 3 is 2.73 bits per heavy atom. The molecule has 4 N–H and O–H groups in total. The average molecular weight is 326 g/mol. The molecule has 0 radical (unpaired) electrons. The average Bonchev–Trinajstić information content (AvgIpc) is 2.90. The van der Waals surface area contributed by atoms with Crippen molar-refractivity contribution in [3.8, 4) is 0 Å². The molecule has 0 aliphatic heterocycles. The molecule has 1 aromatic heterocycles. The van der Waals surface area contributed by atoms with Gasteiger partial charge in [-0.25, -0.2) is 4.98 Å². The molecule has 7 heteroatoms. The molecule has 2 amide bonds. The van der Waals surface area contributed by atoms with Gasteiger partial charge in [-0.1, -0.05) is 33.6 Å². The van der Waals surface area contributed by atoms with E-state index in [-0.39, 0.29) is 30.2 Å². The summed E-state index contributed by atoms with van der Waals surface area (Å²) in [6.45, 7) is 6.19. The van der Waals surface area contributed by atoms with Crippen LogP contribution in [0.5, 0.6) is 0 Å². The Morgan fingerprint density at radius 2 is 2.14 bits per heavy atom. The number of unbranched alkanes of at least 4 members (excludes halogenated alkanes) is 1. The van der Waals surface area contributed by atoms with Gasteiger partial charge >= 0.3 is 0 Å². The topological polar surface area (TPSA) is 97.1 Å². The maximum Gasteiger partial charge on any atom is 0.228 e. The summed E-state index contributed by atoms with van der Waals surface area (Å²) in [5.41, 5.74) is 6.33. The maximum atomic E-state index is 12.0.